The Balaban J connectivity index is 1.46. The summed E-state index contributed by atoms with van der Waals surface area (Å²) in [4.78, 5) is 0. The second kappa shape index (κ2) is 12.3. The van der Waals surface area contributed by atoms with E-state index in [9.17, 15) is 8.78 Å². The van der Waals surface area contributed by atoms with Gasteiger partial charge >= 0.3 is 0 Å². The lowest BCUT2D eigenvalue weighted by Gasteiger charge is -2.28. The quantitative estimate of drug-likeness (QED) is 0.218. The summed E-state index contributed by atoms with van der Waals surface area (Å²) < 4.78 is 55.6. The summed E-state index contributed by atoms with van der Waals surface area (Å²) in [5.74, 6) is -2.19. The lowest BCUT2D eigenvalue weighted by Crippen LogP contribution is -2.23. The van der Waals surface area contributed by atoms with Crippen molar-refractivity contribution in [3.05, 3.63) is 89.8 Å². The fourth-order valence-electron chi connectivity index (χ4n) is 4.66. The predicted molar refractivity (Wildman–Crippen MR) is 139 cm³/mol. The van der Waals surface area contributed by atoms with Crippen LogP contribution >= 0.6 is 0 Å². The normalized spacial score (nSPS) is 18.0. The Morgan fingerprint density at radius 3 is 2.31 bits per heavy atom. The Morgan fingerprint density at radius 2 is 1.64 bits per heavy atom. The van der Waals surface area contributed by atoms with Crippen LogP contribution in [0.1, 0.15) is 57.4 Å². The molecule has 0 spiro atoms. The van der Waals surface area contributed by atoms with Gasteiger partial charge < -0.3 is 9.47 Å². The molecule has 1 heterocycles. The van der Waals surface area contributed by atoms with Crippen LogP contribution in [-0.4, -0.2) is 19.3 Å². The average molecular weight is 495 g/mol. The highest BCUT2D eigenvalue weighted by atomic mass is 19.2. The van der Waals surface area contributed by atoms with E-state index >= 15 is 4.39 Å². The van der Waals surface area contributed by atoms with Crippen LogP contribution in [0.25, 0.3) is 22.3 Å². The molecule has 2 unspecified atom stereocenters. The van der Waals surface area contributed by atoms with Crippen LogP contribution in [0.15, 0.2) is 66.7 Å². The van der Waals surface area contributed by atoms with Crippen molar-refractivity contribution in [3.63, 3.8) is 0 Å². The number of halogens is 3. The molecule has 1 aliphatic heterocycles. The molecule has 36 heavy (non-hydrogen) atoms. The third kappa shape index (κ3) is 6.01. The van der Waals surface area contributed by atoms with Crippen LogP contribution in [-0.2, 0) is 4.74 Å². The molecule has 0 aromatic heterocycles. The van der Waals surface area contributed by atoms with Crippen molar-refractivity contribution < 1.29 is 22.6 Å². The molecule has 1 saturated heterocycles. The summed E-state index contributed by atoms with van der Waals surface area (Å²) in [6.07, 6.45) is 8.69. The van der Waals surface area contributed by atoms with E-state index in [4.69, 9.17) is 9.47 Å². The highest BCUT2D eigenvalue weighted by Crippen LogP contribution is 2.34. The first kappa shape index (κ1) is 26.0. The Labute approximate surface area is 211 Å². The second-order valence-corrected chi connectivity index (χ2v) is 9.28. The first-order chi connectivity index (χ1) is 17.5. The van der Waals surface area contributed by atoms with Gasteiger partial charge in [0.2, 0.25) is 5.82 Å². The van der Waals surface area contributed by atoms with Crippen molar-refractivity contribution >= 4 is 0 Å². The molecular formula is C31H33F3O2. The van der Waals surface area contributed by atoms with Gasteiger partial charge in [-0.2, -0.15) is 4.39 Å². The second-order valence-electron chi connectivity index (χ2n) is 9.28. The maximum Gasteiger partial charge on any atom is 0.201 e. The molecule has 0 saturated carbocycles. The standard InChI is InChI=1S/C31H33F3O2/c1-3-5-6-18-35-29-17-16-27(30(33)31(29)34)22-10-8-21(9-11-22)23-13-15-26(28(32)19-23)24-12-14-25(7-4-2)36-20-24/h4,7-11,13,15-17,19,24-25H,3,5-6,12,14,18,20H2,1-2H3/b7-4+. The van der Waals surface area contributed by atoms with Gasteiger partial charge in [0.05, 0.1) is 19.3 Å². The minimum Gasteiger partial charge on any atom is -0.490 e. The smallest absolute Gasteiger partial charge is 0.201 e. The highest BCUT2D eigenvalue weighted by molar-refractivity contribution is 5.71. The lowest BCUT2D eigenvalue weighted by atomic mass is 9.89. The maximum absolute atomic E-state index is 15.0. The van der Waals surface area contributed by atoms with Crippen molar-refractivity contribution in [2.45, 2.75) is 58.0 Å². The SMILES string of the molecule is C/C=C/C1CCC(c2ccc(-c3ccc(-c4ccc(OCCCCC)c(F)c4F)cc3)cc2F)CO1. The number of rotatable bonds is 9. The van der Waals surface area contributed by atoms with Crippen LogP contribution in [0.3, 0.4) is 0 Å². The Morgan fingerprint density at radius 1 is 0.889 bits per heavy atom. The van der Waals surface area contributed by atoms with Crippen molar-refractivity contribution in [1.82, 2.24) is 0 Å². The molecule has 3 aromatic rings. The summed E-state index contributed by atoms with van der Waals surface area (Å²) in [7, 11) is 0. The molecule has 0 aliphatic carbocycles. The van der Waals surface area contributed by atoms with Gasteiger partial charge in [-0.05, 0) is 66.6 Å². The third-order valence-corrected chi connectivity index (χ3v) is 6.74. The van der Waals surface area contributed by atoms with E-state index in [1.807, 2.05) is 31.2 Å². The summed E-state index contributed by atoms with van der Waals surface area (Å²) in [6.45, 7) is 4.90. The van der Waals surface area contributed by atoms with E-state index in [0.29, 0.717) is 24.3 Å². The van der Waals surface area contributed by atoms with Crippen LogP contribution in [0, 0.1) is 17.5 Å². The van der Waals surface area contributed by atoms with Gasteiger partial charge in [-0.3, -0.25) is 0 Å². The number of benzene rings is 3. The van der Waals surface area contributed by atoms with Gasteiger partial charge in [0, 0.05) is 11.5 Å². The molecule has 4 rings (SSSR count). The zero-order chi connectivity index (χ0) is 25.5. The van der Waals surface area contributed by atoms with Crippen LogP contribution in [0.4, 0.5) is 13.2 Å². The van der Waals surface area contributed by atoms with Gasteiger partial charge in [-0.1, -0.05) is 68.3 Å². The van der Waals surface area contributed by atoms with Crippen LogP contribution < -0.4 is 4.74 Å². The van der Waals surface area contributed by atoms with Crippen molar-refractivity contribution in [2.24, 2.45) is 0 Å². The van der Waals surface area contributed by atoms with E-state index in [-0.39, 0.29) is 29.2 Å². The van der Waals surface area contributed by atoms with Gasteiger partial charge in [0.15, 0.2) is 11.6 Å². The third-order valence-electron chi connectivity index (χ3n) is 6.74. The predicted octanol–water partition coefficient (Wildman–Crippen LogP) is 8.85. The summed E-state index contributed by atoms with van der Waals surface area (Å²) >= 11 is 0. The summed E-state index contributed by atoms with van der Waals surface area (Å²) in [5, 5.41) is 0. The molecule has 0 radical (unpaired) electrons. The van der Waals surface area contributed by atoms with Gasteiger partial charge in [0.1, 0.15) is 5.82 Å². The number of hydrogen-bond acceptors (Lipinski definition) is 2. The molecular weight excluding hydrogens is 461 g/mol. The van der Waals surface area contributed by atoms with Gasteiger partial charge in [-0.25, -0.2) is 8.78 Å². The first-order valence-electron chi connectivity index (χ1n) is 12.8. The molecule has 1 fully saturated rings. The Hall–Kier alpha value is -3.05. The van der Waals surface area contributed by atoms with Crippen LogP contribution in [0.5, 0.6) is 5.75 Å². The largest absolute Gasteiger partial charge is 0.490 e. The minimum atomic E-state index is -0.977. The molecule has 2 nitrogen and oxygen atoms in total. The fraction of sp³-hybridized carbons (Fsp3) is 0.355. The van der Waals surface area contributed by atoms with E-state index < -0.39 is 11.6 Å². The first-order valence-corrected chi connectivity index (χ1v) is 12.8. The zero-order valence-electron chi connectivity index (χ0n) is 20.9. The van der Waals surface area contributed by atoms with E-state index in [1.165, 1.54) is 18.2 Å². The van der Waals surface area contributed by atoms with E-state index in [1.54, 1.807) is 24.3 Å². The molecule has 190 valence electrons. The molecule has 0 amide bonds. The maximum atomic E-state index is 15.0. The molecule has 2 atom stereocenters. The van der Waals surface area contributed by atoms with E-state index in [2.05, 4.69) is 6.92 Å². The molecule has 1 aliphatic rings. The summed E-state index contributed by atoms with van der Waals surface area (Å²) in [6, 6.07) is 15.3. The van der Waals surface area contributed by atoms with Crippen molar-refractivity contribution in [1.29, 1.82) is 0 Å². The van der Waals surface area contributed by atoms with Crippen LogP contribution in [0.2, 0.25) is 0 Å². The minimum absolute atomic E-state index is 0.0411. The number of hydrogen-bond donors (Lipinski definition) is 0. The van der Waals surface area contributed by atoms with Crippen molar-refractivity contribution in [3.8, 4) is 28.0 Å². The molecule has 0 bridgehead atoms. The summed E-state index contributed by atoms with van der Waals surface area (Å²) in [5.41, 5.74) is 2.90. The number of ether oxygens (including phenoxy) is 2. The average Bonchev–Trinajstić information content (AvgIpc) is 2.90. The number of unbranched alkanes of at least 4 members (excludes halogenated alkanes) is 2. The molecule has 5 heteroatoms. The Kier molecular flexibility index (Phi) is 8.87. The lowest BCUT2D eigenvalue weighted by molar-refractivity contribution is 0.0319. The van der Waals surface area contributed by atoms with Gasteiger partial charge in [0.25, 0.3) is 0 Å². The Bertz CT molecular complexity index is 1180. The number of allylic oxidation sites excluding steroid dienone is 1. The van der Waals surface area contributed by atoms with Gasteiger partial charge in [-0.15, -0.1) is 0 Å². The zero-order valence-corrected chi connectivity index (χ0v) is 20.9. The fourth-order valence-corrected chi connectivity index (χ4v) is 4.66. The molecule has 0 N–H and O–H groups in total. The monoisotopic (exact) mass is 494 g/mol. The van der Waals surface area contributed by atoms with E-state index in [0.717, 1.165) is 43.2 Å². The highest BCUT2D eigenvalue weighted by Gasteiger charge is 2.24. The molecule has 3 aromatic carbocycles. The topological polar surface area (TPSA) is 18.5 Å². The van der Waals surface area contributed by atoms with Crippen molar-refractivity contribution in [2.75, 3.05) is 13.2 Å².